The van der Waals surface area contributed by atoms with E-state index in [4.69, 9.17) is 0 Å². The average Bonchev–Trinajstić information content (AvgIpc) is 2.79. The molecular weight excluding hydrogens is 233 g/mol. The van der Waals surface area contributed by atoms with E-state index in [0.717, 1.165) is 5.56 Å². The fourth-order valence-electron chi connectivity index (χ4n) is 1.76. The fraction of sp³-hybridized carbons (Fsp3) is 0.308. The van der Waals surface area contributed by atoms with E-state index in [-0.39, 0.29) is 24.4 Å². The zero-order valence-corrected chi connectivity index (χ0v) is 10.1. The summed E-state index contributed by atoms with van der Waals surface area (Å²) < 4.78 is 14.4. The molecule has 0 unspecified atom stereocenters. The molecule has 18 heavy (non-hydrogen) atoms. The summed E-state index contributed by atoms with van der Waals surface area (Å²) >= 11 is 0. The van der Waals surface area contributed by atoms with Crippen LogP contribution >= 0.6 is 0 Å². The van der Waals surface area contributed by atoms with E-state index >= 15 is 0 Å². The maximum atomic E-state index is 12.7. The Morgan fingerprint density at radius 3 is 2.67 bits per heavy atom. The average molecular weight is 247 g/mol. The second-order valence-electron chi connectivity index (χ2n) is 4.01. The minimum absolute atomic E-state index is 0.0457. The minimum Gasteiger partial charge on any atom is -0.299 e. The van der Waals surface area contributed by atoms with Crippen LogP contribution in [0, 0.1) is 5.82 Å². The normalized spacial score (nSPS) is 10.6. The van der Waals surface area contributed by atoms with Crippen LogP contribution in [0.15, 0.2) is 30.6 Å². The van der Waals surface area contributed by atoms with Gasteiger partial charge in [0.25, 0.3) is 0 Å². The Kier molecular flexibility index (Phi) is 3.82. The van der Waals surface area contributed by atoms with Gasteiger partial charge in [-0.1, -0.05) is 12.1 Å². The molecule has 0 aliphatic heterocycles. The third kappa shape index (κ3) is 3.00. The first kappa shape index (κ1) is 12.4. The number of Topliss-reactive ketones (excluding diaryl/α,β-unsaturated/α-hetero) is 1. The van der Waals surface area contributed by atoms with Gasteiger partial charge in [-0.2, -0.15) is 5.10 Å². The predicted molar refractivity (Wildman–Crippen MR) is 64.5 cm³/mol. The molecule has 0 atom stereocenters. The molecule has 0 radical (unpaired) electrons. The summed E-state index contributed by atoms with van der Waals surface area (Å²) in [5, 5.41) is 4.01. The molecule has 2 rings (SSSR count). The van der Waals surface area contributed by atoms with Gasteiger partial charge in [-0.25, -0.2) is 14.1 Å². The van der Waals surface area contributed by atoms with Gasteiger partial charge in [0, 0.05) is 13.0 Å². The lowest BCUT2D eigenvalue weighted by Gasteiger charge is -2.03. The maximum absolute atomic E-state index is 12.7. The van der Waals surface area contributed by atoms with Crippen LogP contribution in [0.5, 0.6) is 0 Å². The Hall–Kier alpha value is -2.04. The van der Waals surface area contributed by atoms with Crippen molar-refractivity contribution in [3.8, 4) is 0 Å². The quantitative estimate of drug-likeness (QED) is 0.809. The number of aromatic nitrogens is 3. The lowest BCUT2D eigenvalue weighted by molar-refractivity contribution is -0.117. The van der Waals surface area contributed by atoms with Gasteiger partial charge in [0.2, 0.25) is 0 Å². The standard InChI is InChI=1S/C13H14FN3O/c1-2-17-13(15-9-16-17)8-12(18)7-10-3-5-11(14)6-4-10/h3-6,9H,2,7-8H2,1H3. The van der Waals surface area contributed by atoms with E-state index in [2.05, 4.69) is 10.1 Å². The third-order valence-corrected chi connectivity index (χ3v) is 2.67. The SMILES string of the molecule is CCn1ncnc1CC(=O)Cc1ccc(F)cc1. The van der Waals surface area contributed by atoms with Gasteiger partial charge in [-0.3, -0.25) is 4.79 Å². The van der Waals surface area contributed by atoms with Gasteiger partial charge in [0.1, 0.15) is 23.8 Å². The van der Waals surface area contributed by atoms with Crippen molar-refractivity contribution in [1.82, 2.24) is 14.8 Å². The maximum Gasteiger partial charge on any atom is 0.144 e. The number of rotatable bonds is 5. The summed E-state index contributed by atoms with van der Waals surface area (Å²) in [5.41, 5.74) is 0.809. The highest BCUT2D eigenvalue weighted by atomic mass is 19.1. The number of aryl methyl sites for hydroxylation is 1. The largest absolute Gasteiger partial charge is 0.299 e. The van der Waals surface area contributed by atoms with Gasteiger partial charge >= 0.3 is 0 Å². The fourth-order valence-corrected chi connectivity index (χ4v) is 1.76. The molecule has 0 aliphatic carbocycles. The smallest absolute Gasteiger partial charge is 0.144 e. The molecule has 0 aliphatic rings. The first-order valence-electron chi connectivity index (χ1n) is 5.82. The predicted octanol–water partition coefficient (Wildman–Crippen LogP) is 1.79. The van der Waals surface area contributed by atoms with Crippen LogP contribution in [0.3, 0.4) is 0 Å². The van der Waals surface area contributed by atoms with Crippen LogP contribution in [-0.2, 0) is 24.2 Å². The van der Waals surface area contributed by atoms with Crippen LogP contribution in [0.25, 0.3) is 0 Å². The van der Waals surface area contributed by atoms with Gasteiger partial charge in [-0.15, -0.1) is 0 Å². The van der Waals surface area contributed by atoms with Gasteiger partial charge < -0.3 is 0 Å². The molecule has 5 heteroatoms. The van der Waals surface area contributed by atoms with Crippen molar-refractivity contribution in [3.63, 3.8) is 0 Å². The summed E-state index contributed by atoms with van der Waals surface area (Å²) in [7, 11) is 0. The summed E-state index contributed by atoms with van der Waals surface area (Å²) in [6.45, 7) is 2.64. The first-order valence-corrected chi connectivity index (χ1v) is 5.82. The van der Waals surface area contributed by atoms with Crippen LogP contribution < -0.4 is 0 Å². The number of carbonyl (C=O) groups is 1. The molecule has 1 aromatic carbocycles. The van der Waals surface area contributed by atoms with Crippen molar-refractivity contribution in [1.29, 1.82) is 0 Å². The third-order valence-electron chi connectivity index (χ3n) is 2.67. The van der Waals surface area contributed by atoms with Crippen molar-refractivity contribution < 1.29 is 9.18 Å². The van der Waals surface area contributed by atoms with E-state index in [1.807, 2.05) is 6.92 Å². The van der Waals surface area contributed by atoms with E-state index < -0.39 is 0 Å². The second kappa shape index (κ2) is 5.53. The van der Waals surface area contributed by atoms with Gasteiger partial charge in [0.05, 0.1) is 6.42 Å². The van der Waals surface area contributed by atoms with Crippen LogP contribution in [0.1, 0.15) is 18.3 Å². The Bertz CT molecular complexity index is 533. The Labute approximate surface area is 104 Å². The molecule has 4 nitrogen and oxygen atoms in total. The van der Waals surface area contributed by atoms with Gasteiger partial charge in [-0.05, 0) is 24.6 Å². The lowest BCUT2D eigenvalue weighted by atomic mass is 10.1. The van der Waals surface area contributed by atoms with Crippen molar-refractivity contribution >= 4 is 5.78 Å². The molecule has 0 saturated carbocycles. The number of nitrogens with zero attached hydrogens (tertiary/aromatic N) is 3. The number of halogens is 1. The number of hydrogen-bond acceptors (Lipinski definition) is 3. The van der Waals surface area contributed by atoms with Gasteiger partial charge in [0.15, 0.2) is 0 Å². The van der Waals surface area contributed by atoms with E-state index in [9.17, 15) is 9.18 Å². The molecule has 0 bridgehead atoms. The lowest BCUT2D eigenvalue weighted by Crippen LogP contribution is -2.12. The Morgan fingerprint density at radius 2 is 2.00 bits per heavy atom. The zero-order chi connectivity index (χ0) is 13.0. The van der Waals surface area contributed by atoms with E-state index in [0.29, 0.717) is 12.4 Å². The van der Waals surface area contributed by atoms with Crippen molar-refractivity contribution in [3.05, 3.63) is 47.8 Å². The summed E-state index contributed by atoms with van der Waals surface area (Å²) in [5.74, 6) is 0.422. The van der Waals surface area contributed by atoms with Crippen LogP contribution in [0.4, 0.5) is 4.39 Å². The highest BCUT2D eigenvalue weighted by Gasteiger charge is 2.10. The molecule has 0 N–H and O–H groups in total. The summed E-state index contributed by atoms with van der Waals surface area (Å²) in [6.07, 6.45) is 1.99. The van der Waals surface area contributed by atoms with E-state index in [1.165, 1.54) is 18.5 Å². The monoisotopic (exact) mass is 247 g/mol. The number of benzene rings is 1. The van der Waals surface area contributed by atoms with Crippen LogP contribution in [0.2, 0.25) is 0 Å². The van der Waals surface area contributed by atoms with Crippen molar-refractivity contribution in [2.75, 3.05) is 0 Å². The molecule has 0 fully saturated rings. The first-order chi connectivity index (χ1) is 8.69. The molecule has 1 heterocycles. The second-order valence-corrected chi connectivity index (χ2v) is 4.01. The molecule has 2 aromatic rings. The Morgan fingerprint density at radius 1 is 1.28 bits per heavy atom. The number of carbonyl (C=O) groups excluding carboxylic acids is 1. The van der Waals surface area contributed by atoms with Crippen molar-refractivity contribution in [2.45, 2.75) is 26.3 Å². The molecular formula is C13H14FN3O. The molecule has 1 aromatic heterocycles. The Balaban J connectivity index is 1.99. The zero-order valence-electron chi connectivity index (χ0n) is 10.1. The molecule has 0 spiro atoms. The highest BCUT2D eigenvalue weighted by molar-refractivity contribution is 5.82. The van der Waals surface area contributed by atoms with E-state index in [1.54, 1.807) is 16.8 Å². The van der Waals surface area contributed by atoms with Crippen molar-refractivity contribution in [2.24, 2.45) is 0 Å². The summed E-state index contributed by atoms with van der Waals surface area (Å²) in [4.78, 5) is 15.9. The number of ketones is 1. The molecule has 0 saturated heterocycles. The highest BCUT2D eigenvalue weighted by Crippen LogP contribution is 2.06. The minimum atomic E-state index is -0.295. The number of hydrogen-bond donors (Lipinski definition) is 0. The topological polar surface area (TPSA) is 47.8 Å². The van der Waals surface area contributed by atoms with Crippen LogP contribution in [-0.4, -0.2) is 20.5 Å². The molecule has 94 valence electrons. The molecule has 0 amide bonds. The summed E-state index contributed by atoms with van der Waals surface area (Å²) in [6, 6.07) is 5.96.